The van der Waals surface area contributed by atoms with Gasteiger partial charge in [-0.25, -0.2) is 9.37 Å². The van der Waals surface area contributed by atoms with Crippen molar-refractivity contribution in [1.29, 1.82) is 0 Å². The highest BCUT2D eigenvalue weighted by Gasteiger charge is 2.40. The van der Waals surface area contributed by atoms with Crippen LogP contribution in [0.15, 0.2) is 48.7 Å². The number of piperidine rings is 2. The molecule has 4 aromatic rings. The van der Waals surface area contributed by atoms with Crippen LogP contribution in [0.25, 0.3) is 10.9 Å². The number of hydrogen-bond donors (Lipinski definition) is 3. The molecule has 0 radical (unpaired) electrons. The van der Waals surface area contributed by atoms with E-state index in [1.54, 1.807) is 18.2 Å². The van der Waals surface area contributed by atoms with Gasteiger partial charge in [-0.1, -0.05) is 6.07 Å². The Morgan fingerprint density at radius 2 is 1.81 bits per heavy atom. The van der Waals surface area contributed by atoms with Crippen LogP contribution in [0.4, 0.5) is 23.2 Å². The number of carbonyl (C=O) groups excluding carboxylic acids is 4. The van der Waals surface area contributed by atoms with E-state index in [9.17, 15) is 37.5 Å². The Bertz CT molecular complexity index is 2120. The van der Waals surface area contributed by atoms with Gasteiger partial charge in [-0.05, 0) is 75.1 Å². The third-order valence-electron chi connectivity index (χ3n) is 9.86. The van der Waals surface area contributed by atoms with Gasteiger partial charge in [-0.2, -0.15) is 18.3 Å². The number of nitrogens with one attached hydrogen (secondary N) is 2. The summed E-state index contributed by atoms with van der Waals surface area (Å²) < 4.78 is 56.7. The molecule has 3 aliphatic rings. The molecule has 3 aliphatic heterocycles. The van der Waals surface area contributed by atoms with Crippen LogP contribution in [-0.2, 0) is 34.5 Å². The number of aromatic nitrogens is 3. The quantitative estimate of drug-likeness (QED) is 0.184. The van der Waals surface area contributed by atoms with Crippen molar-refractivity contribution >= 4 is 40.2 Å². The largest absolute Gasteiger partial charge is 0.433 e. The maximum absolute atomic E-state index is 15.3. The molecule has 2 fully saturated rings. The van der Waals surface area contributed by atoms with Crippen LogP contribution in [0.5, 0.6) is 0 Å². The molecule has 5 heterocycles. The van der Waals surface area contributed by atoms with Gasteiger partial charge in [0.1, 0.15) is 23.2 Å². The number of imide groups is 1. The molecule has 2 saturated heterocycles. The van der Waals surface area contributed by atoms with E-state index in [1.807, 2.05) is 10.9 Å². The van der Waals surface area contributed by atoms with Crippen molar-refractivity contribution < 1.29 is 41.8 Å². The Labute approximate surface area is 294 Å². The lowest BCUT2D eigenvalue weighted by Crippen LogP contribution is -2.52. The van der Waals surface area contributed by atoms with Crippen molar-refractivity contribution in [2.24, 2.45) is 0 Å². The number of rotatable bonds is 7. The molecule has 3 N–H and O–H groups in total. The van der Waals surface area contributed by atoms with Crippen molar-refractivity contribution in [2.45, 2.75) is 76.5 Å². The number of alkyl halides is 3. The summed E-state index contributed by atoms with van der Waals surface area (Å²) >= 11 is 0. The van der Waals surface area contributed by atoms with E-state index in [4.69, 9.17) is 5.10 Å². The molecule has 1 unspecified atom stereocenters. The van der Waals surface area contributed by atoms with E-state index >= 15 is 4.39 Å². The summed E-state index contributed by atoms with van der Waals surface area (Å²) in [5.74, 6) is -2.71. The lowest BCUT2D eigenvalue weighted by atomic mass is 9.95. The smallest absolute Gasteiger partial charge is 0.386 e. The third kappa shape index (κ3) is 6.87. The summed E-state index contributed by atoms with van der Waals surface area (Å²) in [6.45, 7) is 4.77. The fraction of sp³-hybridized carbons (Fsp3) is 0.389. The monoisotopic (exact) mass is 721 g/mol. The first-order chi connectivity index (χ1) is 24.5. The van der Waals surface area contributed by atoms with Gasteiger partial charge < -0.3 is 15.3 Å². The van der Waals surface area contributed by atoms with Gasteiger partial charge in [-0.3, -0.25) is 34.1 Å². The van der Waals surface area contributed by atoms with Crippen LogP contribution in [0.2, 0.25) is 0 Å². The Hall–Kier alpha value is -5.22. The SMILES string of the molecule is CC(C)(O)c1cc2nn(C3CCN(Cc4cc5c(cc4F)C(=O)N(C4CCC(=O)NC4=O)C5)CC3)cc2cc1NC(=O)c1cccc(C(F)(F)F)n1. The van der Waals surface area contributed by atoms with Crippen LogP contribution >= 0.6 is 0 Å². The number of benzene rings is 2. The van der Waals surface area contributed by atoms with Crippen molar-refractivity contribution in [2.75, 3.05) is 18.4 Å². The van der Waals surface area contributed by atoms with E-state index in [1.165, 1.54) is 30.9 Å². The average Bonchev–Trinajstić information content (AvgIpc) is 3.64. The van der Waals surface area contributed by atoms with Gasteiger partial charge in [0.05, 0.1) is 17.2 Å². The molecule has 0 aliphatic carbocycles. The van der Waals surface area contributed by atoms with Gasteiger partial charge in [-0.15, -0.1) is 0 Å². The minimum atomic E-state index is -4.72. The minimum absolute atomic E-state index is 0.00819. The highest BCUT2D eigenvalue weighted by Crippen LogP contribution is 2.35. The molecule has 4 amide bonds. The Morgan fingerprint density at radius 3 is 2.50 bits per heavy atom. The van der Waals surface area contributed by atoms with E-state index in [0.717, 1.165) is 12.1 Å². The number of nitrogens with zero attached hydrogens (tertiary/aromatic N) is 5. The molecular formula is C36H35F4N7O5. The Kier molecular flexibility index (Phi) is 8.85. The summed E-state index contributed by atoms with van der Waals surface area (Å²) in [5.41, 5.74) is -0.689. The van der Waals surface area contributed by atoms with Gasteiger partial charge in [0.25, 0.3) is 11.8 Å². The van der Waals surface area contributed by atoms with Crippen LogP contribution < -0.4 is 10.6 Å². The molecule has 0 bridgehead atoms. The molecule has 0 spiro atoms. The van der Waals surface area contributed by atoms with E-state index in [-0.39, 0.29) is 42.6 Å². The van der Waals surface area contributed by atoms with Gasteiger partial charge in [0.15, 0.2) is 0 Å². The number of anilines is 1. The second kappa shape index (κ2) is 13.1. The predicted octanol–water partition coefficient (Wildman–Crippen LogP) is 4.67. The number of halogens is 4. The van der Waals surface area contributed by atoms with E-state index < -0.39 is 52.7 Å². The number of fused-ring (bicyclic) bond motifs is 2. The Balaban J connectivity index is 1.03. The number of pyridine rings is 1. The molecule has 7 rings (SSSR count). The first-order valence-corrected chi connectivity index (χ1v) is 16.8. The lowest BCUT2D eigenvalue weighted by molar-refractivity contribution is -0.141. The predicted molar refractivity (Wildman–Crippen MR) is 178 cm³/mol. The molecular weight excluding hydrogens is 686 g/mol. The number of hydrogen-bond acceptors (Lipinski definition) is 8. The van der Waals surface area contributed by atoms with Gasteiger partial charge in [0, 0.05) is 66.6 Å². The summed E-state index contributed by atoms with van der Waals surface area (Å²) in [6, 6.07) is 8.43. The van der Waals surface area contributed by atoms with Crippen LogP contribution in [0.3, 0.4) is 0 Å². The maximum atomic E-state index is 15.3. The standard InChI is InChI=1S/C36H35F4N7O5/c1-35(2,52)24-15-27-21(13-28(24)42-32(49)26-4-3-5-30(41-26)36(38,39)40)18-47(44-27)22-8-10-45(11-9-22)16-20-12-19-17-46(34(51)23(19)14-25(20)37)29-6-7-31(48)43-33(29)50/h3-5,12-15,18,22,29,52H,6-11,16-17H2,1-2H3,(H,42,49)(H,43,48,50). The second-order valence-electron chi connectivity index (χ2n) is 14.0. The van der Waals surface area contributed by atoms with Gasteiger partial charge in [0.2, 0.25) is 11.8 Å². The number of aliphatic hydroxyl groups is 1. The normalized spacial score (nSPS) is 18.9. The number of carbonyl (C=O) groups is 4. The van der Waals surface area contributed by atoms with Crippen molar-refractivity contribution in [3.8, 4) is 0 Å². The van der Waals surface area contributed by atoms with Gasteiger partial charge >= 0.3 is 6.18 Å². The molecule has 52 heavy (non-hydrogen) atoms. The maximum Gasteiger partial charge on any atom is 0.433 e. The minimum Gasteiger partial charge on any atom is -0.386 e. The first kappa shape index (κ1) is 35.2. The summed E-state index contributed by atoms with van der Waals surface area (Å²) in [4.78, 5) is 57.0. The molecule has 2 aromatic carbocycles. The summed E-state index contributed by atoms with van der Waals surface area (Å²) in [7, 11) is 0. The molecule has 1 atom stereocenters. The molecule has 2 aromatic heterocycles. The fourth-order valence-corrected chi connectivity index (χ4v) is 7.14. The Morgan fingerprint density at radius 1 is 1.06 bits per heavy atom. The van der Waals surface area contributed by atoms with E-state index in [0.29, 0.717) is 60.1 Å². The molecule has 0 saturated carbocycles. The highest BCUT2D eigenvalue weighted by molar-refractivity contribution is 6.06. The average molecular weight is 722 g/mol. The van der Waals surface area contributed by atoms with Crippen LogP contribution in [0.1, 0.15) is 88.8 Å². The zero-order chi connectivity index (χ0) is 37.1. The van der Waals surface area contributed by atoms with Crippen molar-refractivity contribution in [1.82, 2.24) is 29.9 Å². The third-order valence-corrected chi connectivity index (χ3v) is 9.86. The fourth-order valence-electron chi connectivity index (χ4n) is 7.14. The number of amides is 4. The lowest BCUT2D eigenvalue weighted by Gasteiger charge is -2.32. The zero-order valence-electron chi connectivity index (χ0n) is 28.3. The summed E-state index contributed by atoms with van der Waals surface area (Å²) in [5, 5.41) is 21.2. The second-order valence-corrected chi connectivity index (χ2v) is 14.0. The number of likely N-dealkylation sites (tertiary alicyclic amines) is 1. The molecule has 16 heteroatoms. The zero-order valence-corrected chi connectivity index (χ0v) is 28.3. The van der Waals surface area contributed by atoms with Crippen molar-refractivity contribution in [3.63, 3.8) is 0 Å². The highest BCUT2D eigenvalue weighted by atomic mass is 19.4. The topological polar surface area (TPSA) is 150 Å². The molecule has 12 nitrogen and oxygen atoms in total. The van der Waals surface area contributed by atoms with Crippen LogP contribution in [-0.4, -0.2) is 72.4 Å². The van der Waals surface area contributed by atoms with E-state index in [2.05, 4.69) is 20.5 Å². The first-order valence-electron chi connectivity index (χ1n) is 16.8. The molecule has 272 valence electrons. The van der Waals surface area contributed by atoms with Crippen molar-refractivity contribution in [3.05, 3.63) is 88.1 Å². The summed E-state index contributed by atoms with van der Waals surface area (Å²) in [6.07, 6.45) is -1.18. The van der Waals surface area contributed by atoms with Crippen LogP contribution in [0, 0.1) is 5.82 Å².